The molecule has 0 atom stereocenters. The molecule has 0 unspecified atom stereocenters. The highest BCUT2D eigenvalue weighted by Gasteiger charge is 2.14. The first-order valence-electron chi connectivity index (χ1n) is 6.73. The van der Waals surface area contributed by atoms with E-state index in [4.69, 9.17) is 15.9 Å². The molecule has 0 spiro atoms. The number of hydrogen-bond donors (Lipinski definition) is 3. The van der Waals surface area contributed by atoms with Gasteiger partial charge < -0.3 is 26.1 Å². The molecule has 0 aliphatic carbocycles. The van der Waals surface area contributed by atoms with Crippen LogP contribution in [0.5, 0.6) is 5.75 Å². The van der Waals surface area contributed by atoms with Crippen molar-refractivity contribution in [2.45, 2.75) is 6.92 Å². The third-order valence-corrected chi connectivity index (χ3v) is 2.95. The molecular formula is C15H24N4O. The number of ether oxygens (including phenoxy) is 1. The fraction of sp³-hybridized carbons (Fsp3) is 0.400. The zero-order valence-electron chi connectivity index (χ0n) is 12.2. The van der Waals surface area contributed by atoms with Gasteiger partial charge >= 0.3 is 0 Å². The molecule has 110 valence electrons. The maximum atomic E-state index is 6.39. The fourth-order valence-corrected chi connectivity index (χ4v) is 1.96. The van der Waals surface area contributed by atoms with Crippen molar-refractivity contribution in [3.05, 3.63) is 30.4 Å². The third kappa shape index (κ3) is 4.93. The van der Waals surface area contributed by atoms with Crippen LogP contribution in [0.2, 0.25) is 0 Å². The van der Waals surface area contributed by atoms with E-state index >= 15 is 0 Å². The summed E-state index contributed by atoms with van der Waals surface area (Å²) in [6.45, 7) is 5.95. The Morgan fingerprint density at radius 1 is 1.35 bits per heavy atom. The predicted molar refractivity (Wildman–Crippen MR) is 86.1 cm³/mol. The van der Waals surface area contributed by atoms with Gasteiger partial charge in [0.1, 0.15) is 5.75 Å². The van der Waals surface area contributed by atoms with E-state index in [1.807, 2.05) is 31.2 Å². The molecule has 5 nitrogen and oxygen atoms in total. The van der Waals surface area contributed by atoms with Gasteiger partial charge in [-0.25, -0.2) is 0 Å². The molecule has 0 radical (unpaired) electrons. The molecule has 1 saturated heterocycles. The summed E-state index contributed by atoms with van der Waals surface area (Å²) in [6, 6.07) is 5.82. The Morgan fingerprint density at radius 3 is 2.55 bits per heavy atom. The molecule has 0 aromatic heterocycles. The number of rotatable bonds is 3. The second-order valence-corrected chi connectivity index (χ2v) is 4.36. The molecule has 4 N–H and O–H groups in total. The summed E-state index contributed by atoms with van der Waals surface area (Å²) in [7, 11) is 1.68. The fourth-order valence-electron chi connectivity index (χ4n) is 1.96. The van der Waals surface area contributed by atoms with Crippen molar-refractivity contribution in [2.24, 2.45) is 0 Å². The molecule has 1 aliphatic rings. The normalized spacial score (nSPS) is 14.6. The molecule has 1 aromatic rings. The highest BCUT2D eigenvalue weighted by molar-refractivity contribution is 5.67. The molecule has 0 bridgehead atoms. The van der Waals surface area contributed by atoms with Gasteiger partial charge in [-0.3, -0.25) is 0 Å². The first kappa shape index (κ1) is 16.0. The van der Waals surface area contributed by atoms with E-state index in [-0.39, 0.29) is 0 Å². The number of piperazine rings is 1. The number of hydrogen-bond acceptors (Lipinski definition) is 5. The SMILES string of the molecule is C/C=C\C=N.COc1cc(N)ccc1N1CCNCC1. The minimum Gasteiger partial charge on any atom is -0.495 e. The van der Waals surface area contributed by atoms with Gasteiger partial charge in [-0.1, -0.05) is 6.08 Å². The summed E-state index contributed by atoms with van der Waals surface area (Å²) < 4.78 is 5.34. The lowest BCUT2D eigenvalue weighted by Crippen LogP contribution is -2.43. The molecule has 1 heterocycles. The first-order chi connectivity index (χ1) is 9.72. The standard InChI is InChI=1S/C11H17N3O.C4H7N/c1-15-11-8-9(12)2-3-10(11)14-6-4-13-5-7-14;1-2-3-4-5/h2-3,8,13H,4-7,12H2,1H3;2-5H,1H3/b;3-2-,5-4?. The molecule has 0 amide bonds. The predicted octanol–water partition coefficient (Wildman–Crippen LogP) is 1.90. The van der Waals surface area contributed by atoms with E-state index in [9.17, 15) is 0 Å². The Morgan fingerprint density at radius 2 is 2.05 bits per heavy atom. The monoisotopic (exact) mass is 276 g/mol. The minimum absolute atomic E-state index is 0.741. The smallest absolute Gasteiger partial charge is 0.144 e. The average Bonchev–Trinajstić information content (AvgIpc) is 2.49. The lowest BCUT2D eigenvalue weighted by Gasteiger charge is -2.30. The Hall–Kier alpha value is -2.01. The molecule has 0 saturated carbocycles. The summed E-state index contributed by atoms with van der Waals surface area (Å²) in [4.78, 5) is 2.31. The van der Waals surface area contributed by atoms with Gasteiger partial charge in [0.05, 0.1) is 12.8 Å². The topological polar surface area (TPSA) is 74.4 Å². The van der Waals surface area contributed by atoms with E-state index in [0.29, 0.717) is 0 Å². The second kappa shape index (κ2) is 8.98. The number of nitrogens with two attached hydrogens (primary N) is 1. The molecular weight excluding hydrogens is 252 g/mol. The molecule has 2 rings (SSSR count). The van der Waals surface area contributed by atoms with Gasteiger partial charge in [0.25, 0.3) is 0 Å². The van der Waals surface area contributed by atoms with Crippen molar-refractivity contribution in [1.29, 1.82) is 5.41 Å². The quantitative estimate of drug-likeness (QED) is 0.582. The highest BCUT2D eigenvalue weighted by atomic mass is 16.5. The van der Waals surface area contributed by atoms with Crippen molar-refractivity contribution in [3.63, 3.8) is 0 Å². The van der Waals surface area contributed by atoms with Crippen LogP contribution in [0.15, 0.2) is 30.4 Å². The Labute approximate surface area is 120 Å². The summed E-state index contributed by atoms with van der Waals surface area (Å²) >= 11 is 0. The summed E-state index contributed by atoms with van der Waals surface area (Å²) in [5.74, 6) is 0.858. The van der Waals surface area contributed by atoms with E-state index < -0.39 is 0 Å². The number of methoxy groups -OCH3 is 1. The van der Waals surface area contributed by atoms with Gasteiger partial charge in [0, 0.05) is 44.1 Å². The Kier molecular flexibility index (Phi) is 7.21. The Balaban J connectivity index is 0.000000347. The number of nitrogens with one attached hydrogen (secondary N) is 2. The van der Waals surface area contributed by atoms with E-state index in [0.717, 1.165) is 43.3 Å². The van der Waals surface area contributed by atoms with Crippen LogP contribution in [0.4, 0.5) is 11.4 Å². The van der Waals surface area contributed by atoms with Gasteiger partial charge in [0.2, 0.25) is 0 Å². The first-order valence-corrected chi connectivity index (χ1v) is 6.73. The average molecular weight is 276 g/mol. The molecule has 5 heteroatoms. The number of benzene rings is 1. The van der Waals surface area contributed by atoms with Gasteiger partial charge in [0.15, 0.2) is 0 Å². The van der Waals surface area contributed by atoms with Crippen molar-refractivity contribution in [3.8, 4) is 5.75 Å². The van der Waals surface area contributed by atoms with Crippen molar-refractivity contribution in [1.82, 2.24) is 5.32 Å². The molecule has 1 fully saturated rings. The van der Waals surface area contributed by atoms with E-state index in [2.05, 4.69) is 10.2 Å². The number of nitrogen functional groups attached to an aromatic ring is 1. The highest BCUT2D eigenvalue weighted by Crippen LogP contribution is 2.30. The zero-order chi connectivity index (χ0) is 14.8. The van der Waals surface area contributed by atoms with Crippen LogP contribution < -0.4 is 20.7 Å². The zero-order valence-corrected chi connectivity index (χ0v) is 12.2. The van der Waals surface area contributed by atoms with Crippen LogP contribution in [-0.4, -0.2) is 39.5 Å². The maximum absolute atomic E-state index is 6.39. The van der Waals surface area contributed by atoms with Gasteiger partial charge in [-0.05, 0) is 25.1 Å². The summed E-state index contributed by atoms with van der Waals surface area (Å²) in [6.07, 6.45) is 4.73. The van der Waals surface area contributed by atoms with Crippen LogP contribution in [0.25, 0.3) is 0 Å². The maximum Gasteiger partial charge on any atom is 0.144 e. The largest absolute Gasteiger partial charge is 0.495 e. The number of nitrogens with zero attached hydrogens (tertiary/aromatic N) is 1. The van der Waals surface area contributed by atoms with E-state index in [1.54, 1.807) is 13.2 Å². The van der Waals surface area contributed by atoms with Gasteiger partial charge in [-0.2, -0.15) is 0 Å². The molecule has 1 aliphatic heterocycles. The lowest BCUT2D eigenvalue weighted by molar-refractivity contribution is 0.413. The third-order valence-electron chi connectivity index (χ3n) is 2.95. The second-order valence-electron chi connectivity index (χ2n) is 4.36. The van der Waals surface area contributed by atoms with E-state index in [1.165, 1.54) is 6.21 Å². The van der Waals surface area contributed by atoms with Crippen LogP contribution in [-0.2, 0) is 0 Å². The molecule has 1 aromatic carbocycles. The van der Waals surface area contributed by atoms with Crippen LogP contribution in [0.3, 0.4) is 0 Å². The number of anilines is 2. The Bertz CT molecular complexity index is 439. The number of allylic oxidation sites excluding steroid dienone is 2. The van der Waals surface area contributed by atoms with Gasteiger partial charge in [-0.15, -0.1) is 0 Å². The van der Waals surface area contributed by atoms with Crippen molar-refractivity contribution >= 4 is 17.6 Å². The van der Waals surface area contributed by atoms with Crippen molar-refractivity contribution < 1.29 is 4.74 Å². The minimum atomic E-state index is 0.741. The molecule has 20 heavy (non-hydrogen) atoms. The van der Waals surface area contributed by atoms with Crippen LogP contribution in [0.1, 0.15) is 6.92 Å². The van der Waals surface area contributed by atoms with Crippen molar-refractivity contribution in [2.75, 3.05) is 43.9 Å². The summed E-state index contributed by atoms with van der Waals surface area (Å²) in [5, 5.41) is 9.72. The lowest BCUT2D eigenvalue weighted by atomic mass is 10.2. The summed E-state index contributed by atoms with van der Waals surface area (Å²) in [5.41, 5.74) is 7.60. The van der Waals surface area contributed by atoms with Crippen LogP contribution >= 0.6 is 0 Å². The van der Waals surface area contributed by atoms with Crippen LogP contribution in [0, 0.1) is 5.41 Å².